The minimum atomic E-state index is 0.0976. The summed E-state index contributed by atoms with van der Waals surface area (Å²) in [6.45, 7) is 8.37. The maximum absolute atomic E-state index is 12.7. The Kier molecular flexibility index (Phi) is 4.48. The number of H-pyrrole nitrogens is 1. The van der Waals surface area contributed by atoms with Gasteiger partial charge in [-0.25, -0.2) is 4.68 Å². The quantitative estimate of drug-likeness (QED) is 0.879. The monoisotopic (exact) mass is 272 g/mol. The molecule has 0 spiro atoms. The Morgan fingerprint density at radius 1 is 1.25 bits per heavy atom. The molecule has 20 heavy (non-hydrogen) atoms. The lowest BCUT2D eigenvalue weighted by atomic mass is 10.0. The largest absolute Gasteiger partial charge is 0.295 e. The van der Waals surface area contributed by atoms with E-state index in [1.54, 1.807) is 4.68 Å². The van der Waals surface area contributed by atoms with E-state index in [9.17, 15) is 4.79 Å². The number of benzene rings is 1. The topological polar surface area (TPSA) is 37.8 Å². The molecule has 1 heterocycles. The maximum atomic E-state index is 12.7. The second kappa shape index (κ2) is 6.12. The van der Waals surface area contributed by atoms with Gasteiger partial charge in [-0.2, -0.15) is 0 Å². The molecule has 1 aromatic heterocycles. The number of hydrogen-bond donors (Lipinski definition) is 1. The summed E-state index contributed by atoms with van der Waals surface area (Å²) in [5, 5.41) is 3.33. The van der Waals surface area contributed by atoms with Crippen LogP contribution in [0.5, 0.6) is 0 Å². The lowest BCUT2D eigenvalue weighted by Gasteiger charge is -2.05. The molecule has 1 aromatic carbocycles. The van der Waals surface area contributed by atoms with Crippen molar-refractivity contribution in [2.45, 2.75) is 52.9 Å². The molecule has 0 aliphatic heterocycles. The van der Waals surface area contributed by atoms with E-state index in [1.165, 1.54) is 0 Å². The molecular weight excluding hydrogens is 248 g/mol. The molecule has 0 unspecified atom stereocenters. The Bertz CT molecular complexity index is 635. The third-order valence-electron chi connectivity index (χ3n) is 3.72. The van der Waals surface area contributed by atoms with Crippen LogP contribution >= 0.6 is 0 Å². The van der Waals surface area contributed by atoms with Gasteiger partial charge >= 0.3 is 0 Å². The van der Waals surface area contributed by atoms with Crippen molar-refractivity contribution in [3.63, 3.8) is 0 Å². The van der Waals surface area contributed by atoms with Crippen LogP contribution in [0.2, 0.25) is 0 Å². The van der Waals surface area contributed by atoms with Crippen LogP contribution in [0.1, 0.15) is 56.4 Å². The zero-order chi connectivity index (χ0) is 14.7. The smallest absolute Gasteiger partial charge is 0.274 e. The first-order valence-electron chi connectivity index (χ1n) is 7.46. The average Bonchev–Trinajstić information content (AvgIpc) is 2.74. The Hall–Kier alpha value is -1.77. The molecule has 108 valence electrons. The number of aryl methyl sites for hydroxylation is 2. The van der Waals surface area contributed by atoms with Crippen LogP contribution in [0.3, 0.4) is 0 Å². The molecule has 0 aliphatic carbocycles. The first-order chi connectivity index (χ1) is 9.56. The third-order valence-corrected chi connectivity index (χ3v) is 3.72. The number of aromatic nitrogens is 2. The van der Waals surface area contributed by atoms with Crippen molar-refractivity contribution in [3.05, 3.63) is 51.4 Å². The van der Waals surface area contributed by atoms with E-state index in [1.807, 2.05) is 31.2 Å². The van der Waals surface area contributed by atoms with Crippen molar-refractivity contribution in [3.8, 4) is 5.69 Å². The van der Waals surface area contributed by atoms with Crippen LogP contribution in [-0.4, -0.2) is 9.78 Å². The van der Waals surface area contributed by atoms with Crippen LogP contribution < -0.4 is 5.56 Å². The molecule has 0 radical (unpaired) electrons. The molecule has 3 nitrogen and oxygen atoms in total. The van der Waals surface area contributed by atoms with Crippen molar-refractivity contribution in [2.75, 3.05) is 0 Å². The van der Waals surface area contributed by atoms with E-state index in [2.05, 4.69) is 25.9 Å². The van der Waals surface area contributed by atoms with Gasteiger partial charge in [0, 0.05) is 11.3 Å². The molecule has 2 aromatic rings. The molecule has 0 bridgehead atoms. The first-order valence-corrected chi connectivity index (χ1v) is 7.46. The fourth-order valence-corrected chi connectivity index (χ4v) is 2.62. The minimum absolute atomic E-state index is 0.0976. The van der Waals surface area contributed by atoms with Crippen molar-refractivity contribution < 1.29 is 0 Å². The predicted molar refractivity (Wildman–Crippen MR) is 83.8 cm³/mol. The highest BCUT2D eigenvalue weighted by atomic mass is 16.1. The predicted octanol–water partition coefficient (Wildman–Crippen LogP) is 3.94. The van der Waals surface area contributed by atoms with Crippen LogP contribution in [-0.2, 0) is 6.42 Å². The SMILES string of the molecule is CCCCc1[nH]n(-c2ccccc2C)c(=O)c1C(C)C. The summed E-state index contributed by atoms with van der Waals surface area (Å²) >= 11 is 0. The van der Waals surface area contributed by atoms with E-state index in [0.717, 1.165) is 41.8 Å². The molecule has 2 rings (SSSR count). The summed E-state index contributed by atoms with van der Waals surface area (Å²) in [6.07, 6.45) is 3.18. The summed E-state index contributed by atoms with van der Waals surface area (Å²) < 4.78 is 1.70. The normalized spacial score (nSPS) is 11.2. The number of nitrogens with zero attached hydrogens (tertiary/aromatic N) is 1. The number of nitrogens with one attached hydrogen (secondary N) is 1. The average molecular weight is 272 g/mol. The van der Waals surface area contributed by atoms with Crippen molar-refractivity contribution in [2.24, 2.45) is 0 Å². The van der Waals surface area contributed by atoms with E-state index < -0.39 is 0 Å². The summed E-state index contributed by atoms with van der Waals surface area (Å²) in [6, 6.07) is 7.98. The Morgan fingerprint density at radius 3 is 2.55 bits per heavy atom. The van der Waals surface area contributed by atoms with Crippen molar-refractivity contribution in [1.29, 1.82) is 0 Å². The Morgan fingerprint density at radius 2 is 1.95 bits per heavy atom. The van der Waals surface area contributed by atoms with Crippen LogP contribution in [0.25, 0.3) is 5.69 Å². The van der Waals surface area contributed by atoms with Gasteiger partial charge in [0.05, 0.1) is 5.69 Å². The molecule has 0 saturated heterocycles. The number of hydrogen-bond acceptors (Lipinski definition) is 1. The molecule has 0 amide bonds. The van der Waals surface area contributed by atoms with Gasteiger partial charge in [0.1, 0.15) is 0 Å². The van der Waals surface area contributed by atoms with Crippen LogP contribution in [0.4, 0.5) is 0 Å². The van der Waals surface area contributed by atoms with Gasteiger partial charge in [0.2, 0.25) is 0 Å². The summed E-state index contributed by atoms with van der Waals surface area (Å²) in [5.74, 6) is 0.246. The minimum Gasteiger partial charge on any atom is -0.295 e. The fourth-order valence-electron chi connectivity index (χ4n) is 2.62. The van der Waals surface area contributed by atoms with Crippen molar-refractivity contribution in [1.82, 2.24) is 9.78 Å². The van der Waals surface area contributed by atoms with Gasteiger partial charge in [-0.3, -0.25) is 9.89 Å². The van der Waals surface area contributed by atoms with Gasteiger partial charge in [-0.15, -0.1) is 0 Å². The highest BCUT2D eigenvalue weighted by Crippen LogP contribution is 2.19. The Balaban J connectivity index is 2.56. The summed E-state index contributed by atoms with van der Waals surface area (Å²) in [4.78, 5) is 12.7. The number of aromatic amines is 1. The second-order valence-corrected chi connectivity index (χ2v) is 5.69. The second-order valence-electron chi connectivity index (χ2n) is 5.69. The number of para-hydroxylation sites is 1. The van der Waals surface area contributed by atoms with Crippen molar-refractivity contribution >= 4 is 0 Å². The maximum Gasteiger partial charge on any atom is 0.274 e. The molecule has 0 aliphatic rings. The lowest BCUT2D eigenvalue weighted by molar-refractivity contribution is 0.738. The zero-order valence-electron chi connectivity index (χ0n) is 12.9. The summed E-state index contributed by atoms with van der Waals surface area (Å²) in [7, 11) is 0. The van der Waals surface area contributed by atoms with E-state index in [4.69, 9.17) is 0 Å². The molecular formula is C17H24N2O. The molecule has 3 heteroatoms. The van der Waals surface area contributed by atoms with Gasteiger partial charge in [-0.1, -0.05) is 45.4 Å². The fraction of sp³-hybridized carbons (Fsp3) is 0.471. The molecule has 0 atom stereocenters. The first kappa shape index (κ1) is 14.6. The van der Waals surface area contributed by atoms with Gasteiger partial charge in [-0.05, 0) is 37.3 Å². The Labute approximate surface area is 120 Å². The highest BCUT2D eigenvalue weighted by Gasteiger charge is 2.18. The van der Waals surface area contributed by atoms with Gasteiger partial charge < -0.3 is 0 Å². The zero-order valence-corrected chi connectivity index (χ0v) is 12.9. The lowest BCUT2D eigenvalue weighted by Crippen LogP contribution is -2.18. The molecule has 1 N–H and O–H groups in total. The van der Waals surface area contributed by atoms with Gasteiger partial charge in [0.15, 0.2) is 0 Å². The molecule has 0 fully saturated rings. The summed E-state index contributed by atoms with van der Waals surface area (Å²) in [5.41, 5.74) is 4.17. The highest BCUT2D eigenvalue weighted by molar-refractivity contribution is 5.40. The van der Waals surface area contributed by atoms with Crippen LogP contribution in [0, 0.1) is 6.92 Å². The third kappa shape index (κ3) is 2.72. The van der Waals surface area contributed by atoms with Crippen LogP contribution in [0.15, 0.2) is 29.1 Å². The number of rotatable bonds is 5. The standard InChI is InChI=1S/C17H24N2O/c1-5-6-10-14-16(12(2)3)17(20)19(18-14)15-11-8-7-9-13(15)4/h7-9,11-12,18H,5-6,10H2,1-4H3. The van der Waals surface area contributed by atoms with E-state index in [0.29, 0.717) is 0 Å². The van der Waals surface area contributed by atoms with Gasteiger partial charge in [0.25, 0.3) is 5.56 Å². The van der Waals surface area contributed by atoms with E-state index in [-0.39, 0.29) is 11.5 Å². The number of unbranched alkanes of at least 4 members (excludes halogenated alkanes) is 1. The molecule has 0 saturated carbocycles. The van der Waals surface area contributed by atoms with E-state index >= 15 is 0 Å².